The van der Waals surface area contributed by atoms with Crippen molar-refractivity contribution in [1.29, 1.82) is 5.26 Å². The largest absolute Gasteiger partial charge is 0.368 e. The van der Waals surface area contributed by atoms with Gasteiger partial charge in [-0.2, -0.15) is 10.2 Å². The molecule has 2 rings (SSSR count). The Labute approximate surface area is 92.7 Å². The highest BCUT2D eigenvalue weighted by atomic mass is 19.1. The summed E-state index contributed by atoms with van der Waals surface area (Å²) in [4.78, 5) is 9.28. The topological polar surface area (TPSA) is 78.8 Å². The van der Waals surface area contributed by atoms with Gasteiger partial charge in [-0.25, -0.2) is 9.37 Å². The minimum Gasteiger partial charge on any atom is -0.368 e. The molecule has 1 aromatic heterocycles. The molecule has 0 unspecified atom stereocenters. The molecular formula is C10H12FN5. The lowest BCUT2D eigenvalue weighted by atomic mass is 10.3. The molecule has 1 aromatic rings. The Bertz CT molecular complexity index is 424. The molecule has 84 valence electrons. The van der Waals surface area contributed by atoms with Crippen LogP contribution in [0.2, 0.25) is 0 Å². The van der Waals surface area contributed by atoms with E-state index in [1.165, 1.54) is 0 Å². The van der Waals surface area contributed by atoms with Crippen LogP contribution in [0, 0.1) is 17.1 Å². The fraction of sp³-hybridized carbons (Fsp3) is 0.500. The van der Waals surface area contributed by atoms with E-state index in [1.54, 1.807) is 4.90 Å². The van der Waals surface area contributed by atoms with Crippen LogP contribution < -0.4 is 10.6 Å². The van der Waals surface area contributed by atoms with E-state index in [0.29, 0.717) is 13.0 Å². The summed E-state index contributed by atoms with van der Waals surface area (Å²) in [5.41, 5.74) is 5.43. The van der Waals surface area contributed by atoms with Gasteiger partial charge in [0.2, 0.25) is 5.95 Å². The van der Waals surface area contributed by atoms with Crippen molar-refractivity contribution in [1.82, 2.24) is 9.97 Å². The molecule has 0 spiro atoms. The van der Waals surface area contributed by atoms with Crippen molar-refractivity contribution in [2.75, 3.05) is 17.2 Å². The van der Waals surface area contributed by atoms with E-state index in [2.05, 4.69) is 9.97 Å². The number of rotatable bonds is 4. The molecule has 1 saturated carbocycles. The predicted octanol–water partition coefficient (Wildman–Crippen LogP) is 1.08. The Morgan fingerprint density at radius 1 is 1.62 bits per heavy atom. The van der Waals surface area contributed by atoms with Gasteiger partial charge in [0.1, 0.15) is 0 Å². The molecule has 1 heterocycles. The molecule has 0 aliphatic heterocycles. The van der Waals surface area contributed by atoms with E-state index in [-0.39, 0.29) is 17.8 Å². The number of anilines is 2. The second-order valence-electron chi connectivity index (χ2n) is 3.73. The first-order valence-corrected chi connectivity index (χ1v) is 5.14. The van der Waals surface area contributed by atoms with Gasteiger partial charge in [-0.05, 0) is 12.8 Å². The lowest BCUT2D eigenvalue weighted by Gasteiger charge is -2.22. The summed E-state index contributed by atoms with van der Waals surface area (Å²) in [6, 6.07) is 2.33. The first-order valence-electron chi connectivity index (χ1n) is 5.14. The number of halogens is 1. The SMILES string of the molecule is N#CCCN(c1nc(N)ncc1F)C1CC1. The maximum absolute atomic E-state index is 13.5. The highest BCUT2D eigenvalue weighted by Crippen LogP contribution is 2.31. The van der Waals surface area contributed by atoms with Crippen LogP contribution in [-0.2, 0) is 0 Å². The molecular weight excluding hydrogens is 209 g/mol. The Hall–Kier alpha value is -1.90. The van der Waals surface area contributed by atoms with Crippen molar-refractivity contribution < 1.29 is 4.39 Å². The van der Waals surface area contributed by atoms with Crippen molar-refractivity contribution in [2.24, 2.45) is 0 Å². The zero-order chi connectivity index (χ0) is 11.5. The monoisotopic (exact) mass is 221 g/mol. The lowest BCUT2D eigenvalue weighted by Crippen LogP contribution is -2.29. The van der Waals surface area contributed by atoms with Crippen LogP contribution in [0.5, 0.6) is 0 Å². The summed E-state index contributed by atoms with van der Waals surface area (Å²) in [7, 11) is 0. The summed E-state index contributed by atoms with van der Waals surface area (Å²) in [6.07, 6.45) is 3.43. The van der Waals surface area contributed by atoms with E-state index in [1.807, 2.05) is 6.07 Å². The molecule has 2 N–H and O–H groups in total. The fourth-order valence-corrected chi connectivity index (χ4v) is 1.59. The van der Waals surface area contributed by atoms with Gasteiger partial charge in [0.05, 0.1) is 18.7 Å². The van der Waals surface area contributed by atoms with Crippen molar-refractivity contribution in [3.05, 3.63) is 12.0 Å². The molecule has 0 bridgehead atoms. The molecule has 0 radical (unpaired) electrons. The summed E-state index contributed by atoms with van der Waals surface area (Å²) in [6.45, 7) is 0.481. The van der Waals surface area contributed by atoms with Gasteiger partial charge in [0, 0.05) is 12.6 Å². The molecule has 0 atom stereocenters. The second-order valence-corrected chi connectivity index (χ2v) is 3.73. The minimum atomic E-state index is -0.487. The maximum Gasteiger partial charge on any atom is 0.222 e. The number of nitriles is 1. The fourth-order valence-electron chi connectivity index (χ4n) is 1.59. The third-order valence-electron chi connectivity index (χ3n) is 2.47. The zero-order valence-corrected chi connectivity index (χ0v) is 8.73. The Kier molecular flexibility index (Phi) is 2.86. The number of aromatic nitrogens is 2. The van der Waals surface area contributed by atoms with Crippen LogP contribution in [0.1, 0.15) is 19.3 Å². The van der Waals surface area contributed by atoms with Gasteiger partial charge < -0.3 is 10.6 Å². The first-order chi connectivity index (χ1) is 7.72. The van der Waals surface area contributed by atoms with Crippen LogP contribution >= 0.6 is 0 Å². The van der Waals surface area contributed by atoms with Gasteiger partial charge in [-0.3, -0.25) is 0 Å². The normalized spacial score (nSPS) is 14.5. The van der Waals surface area contributed by atoms with E-state index in [4.69, 9.17) is 11.0 Å². The van der Waals surface area contributed by atoms with Crippen LogP contribution in [0.3, 0.4) is 0 Å². The van der Waals surface area contributed by atoms with Gasteiger partial charge >= 0.3 is 0 Å². The van der Waals surface area contributed by atoms with Crippen molar-refractivity contribution in [2.45, 2.75) is 25.3 Å². The number of hydrogen-bond acceptors (Lipinski definition) is 5. The third-order valence-corrected chi connectivity index (χ3v) is 2.47. The minimum absolute atomic E-state index is 0.0546. The van der Waals surface area contributed by atoms with Gasteiger partial charge in [-0.15, -0.1) is 0 Å². The van der Waals surface area contributed by atoms with Crippen LogP contribution in [0.4, 0.5) is 16.2 Å². The van der Waals surface area contributed by atoms with Gasteiger partial charge in [0.15, 0.2) is 11.6 Å². The molecule has 1 aliphatic rings. The number of nitrogens with zero attached hydrogens (tertiary/aromatic N) is 4. The first kappa shape index (κ1) is 10.6. The smallest absolute Gasteiger partial charge is 0.222 e. The number of hydrogen-bond donors (Lipinski definition) is 1. The predicted molar refractivity (Wildman–Crippen MR) is 57.0 cm³/mol. The van der Waals surface area contributed by atoms with Crippen molar-refractivity contribution in [3.8, 4) is 6.07 Å². The molecule has 5 nitrogen and oxygen atoms in total. The molecule has 0 saturated heterocycles. The Morgan fingerprint density at radius 2 is 2.38 bits per heavy atom. The average Bonchev–Trinajstić information content (AvgIpc) is 3.08. The number of nitrogens with two attached hydrogens (primary N) is 1. The quantitative estimate of drug-likeness (QED) is 0.823. The van der Waals surface area contributed by atoms with Gasteiger partial charge in [-0.1, -0.05) is 0 Å². The highest BCUT2D eigenvalue weighted by Gasteiger charge is 2.31. The molecule has 16 heavy (non-hydrogen) atoms. The van der Waals surface area contributed by atoms with Crippen molar-refractivity contribution >= 4 is 11.8 Å². The summed E-state index contributed by atoms with van der Waals surface area (Å²) >= 11 is 0. The van der Waals surface area contributed by atoms with Crippen LogP contribution in [-0.4, -0.2) is 22.6 Å². The average molecular weight is 221 g/mol. The molecule has 1 fully saturated rings. The van der Waals surface area contributed by atoms with Crippen LogP contribution in [0.25, 0.3) is 0 Å². The Balaban J connectivity index is 2.23. The third kappa shape index (κ3) is 2.19. The molecule has 1 aliphatic carbocycles. The lowest BCUT2D eigenvalue weighted by molar-refractivity contribution is 0.600. The molecule has 6 heteroatoms. The molecule has 0 aromatic carbocycles. The Morgan fingerprint density at radius 3 is 3.00 bits per heavy atom. The van der Waals surface area contributed by atoms with E-state index in [9.17, 15) is 4.39 Å². The van der Waals surface area contributed by atoms with E-state index < -0.39 is 5.82 Å². The maximum atomic E-state index is 13.5. The van der Waals surface area contributed by atoms with E-state index in [0.717, 1.165) is 19.0 Å². The summed E-state index contributed by atoms with van der Waals surface area (Å²) < 4.78 is 13.5. The highest BCUT2D eigenvalue weighted by molar-refractivity contribution is 5.45. The van der Waals surface area contributed by atoms with Crippen molar-refractivity contribution in [3.63, 3.8) is 0 Å². The zero-order valence-electron chi connectivity index (χ0n) is 8.73. The number of nitrogen functional groups attached to an aromatic ring is 1. The van der Waals surface area contributed by atoms with E-state index >= 15 is 0 Å². The second kappa shape index (κ2) is 4.31. The van der Waals surface area contributed by atoms with Gasteiger partial charge in [0.25, 0.3) is 0 Å². The summed E-state index contributed by atoms with van der Waals surface area (Å²) in [5, 5.41) is 8.56. The standard InChI is InChI=1S/C10H12FN5/c11-8-6-14-10(13)15-9(8)16(5-1-4-12)7-2-3-7/h6-7H,1-3,5H2,(H2,13,14,15). The molecule has 0 amide bonds. The van der Waals surface area contributed by atoms with Crippen LogP contribution in [0.15, 0.2) is 6.20 Å². The summed E-state index contributed by atoms with van der Waals surface area (Å²) in [5.74, 6) is -0.219.